The van der Waals surface area contributed by atoms with Crippen LogP contribution in [0.2, 0.25) is 0 Å². The number of aromatic nitrogens is 1. The molecule has 7 heteroatoms. The first-order valence-corrected chi connectivity index (χ1v) is 7.77. The number of halogens is 1. The lowest BCUT2D eigenvalue weighted by molar-refractivity contribution is 0.102. The van der Waals surface area contributed by atoms with Crippen molar-refractivity contribution >= 4 is 22.5 Å². The van der Waals surface area contributed by atoms with E-state index in [1.54, 1.807) is 29.8 Å². The second-order valence-electron chi connectivity index (χ2n) is 5.67. The average Bonchev–Trinajstić information content (AvgIpc) is 2.64. The Labute approximate surface area is 148 Å². The van der Waals surface area contributed by atoms with Gasteiger partial charge in [-0.15, -0.1) is 0 Å². The number of nitrogens with one attached hydrogen (secondary N) is 1. The van der Waals surface area contributed by atoms with Gasteiger partial charge in [-0.3, -0.25) is 9.59 Å². The molecule has 0 saturated heterocycles. The van der Waals surface area contributed by atoms with Gasteiger partial charge in [0.1, 0.15) is 11.4 Å². The third-order valence-corrected chi connectivity index (χ3v) is 4.04. The Morgan fingerprint density at radius 1 is 1.08 bits per heavy atom. The van der Waals surface area contributed by atoms with Crippen LogP contribution in [0.3, 0.4) is 0 Å². The number of carbonyl (C=O) groups is 1. The molecule has 0 aliphatic carbocycles. The number of anilines is 1. The topological polar surface area (TPSA) is 69.6 Å². The van der Waals surface area contributed by atoms with Crippen molar-refractivity contribution in [2.75, 3.05) is 19.5 Å². The number of ether oxygens (including phenoxy) is 2. The van der Waals surface area contributed by atoms with Crippen LogP contribution in [-0.4, -0.2) is 24.7 Å². The summed E-state index contributed by atoms with van der Waals surface area (Å²) in [6.45, 7) is 0. The molecule has 26 heavy (non-hydrogen) atoms. The van der Waals surface area contributed by atoms with Crippen molar-refractivity contribution in [1.82, 2.24) is 4.57 Å². The summed E-state index contributed by atoms with van der Waals surface area (Å²) in [6.07, 6.45) is 1.43. The minimum atomic E-state index is -0.594. The fraction of sp³-hybridized carbons (Fsp3) is 0.158. The fourth-order valence-electron chi connectivity index (χ4n) is 2.74. The van der Waals surface area contributed by atoms with Crippen LogP contribution in [0.5, 0.6) is 11.5 Å². The fourth-order valence-corrected chi connectivity index (χ4v) is 2.74. The number of rotatable bonds is 4. The Morgan fingerprint density at radius 2 is 1.81 bits per heavy atom. The summed E-state index contributed by atoms with van der Waals surface area (Å²) < 4.78 is 25.5. The lowest BCUT2D eigenvalue weighted by Crippen LogP contribution is -2.23. The summed E-state index contributed by atoms with van der Waals surface area (Å²) in [5, 5.41) is 2.80. The summed E-state index contributed by atoms with van der Waals surface area (Å²) in [5.41, 5.74) is 0.365. The van der Waals surface area contributed by atoms with Crippen molar-refractivity contribution in [1.29, 1.82) is 0 Å². The van der Waals surface area contributed by atoms with E-state index in [0.29, 0.717) is 22.7 Å². The molecule has 1 heterocycles. The quantitative estimate of drug-likeness (QED) is 0.780. The molecule has 0 radical (unpaired) electrons. The van der Waals surface area contributed by atoms with E-state index in [4.69, 9.17) is 9.47 Å². The van der Waals surface area contributed by atoms with Gasteiger partial charge in [0, 0.05) is 30.4 Å². The van der Waals surface area contributed by atoms with Gasteiger partial charge >= 0.3 is 0 Å². The van der Waals surface area contributed by atoms with Crippen LogP contribution in [0.15, 0.2) is 47.4 Å². The zero-order valence-electron chi connectivity index (χ0n) is 14.5. The first kappa shape index (κ1) is 17.5. The molecule has 1 aromatic heterocycles. The summed E-state index contributed by atoms with van der Waals surface area (Å²) >= 11 is 0. The van der Waals surface area contributed by atoms with Gasteiger partial charge in [-0.2, -0.15) is 0 Å². The molecular weight excluding hydrogens is 339 g/mol. The first-order chi connectivity index (χ1) is 12.4. The summed E-state index contributed by atoms with van der Waals surface area (Å²) in [5.74, 6) is -0.169. The number of amides is 1. The third kappa shape index (κ3) is 3.11. The Hall–Kier alpha value is -3.35. The molecule has 0 atom stereocenters. The Balaban J connectivity index is 2.01. The molecular formula is C19H17FN2O4. The van der Waals surface area contributed by atoms with Crippen molar-refractivity contribution in [2.24, 2.45) is 7.05 Å². The van der Waals surface area contributed by atoms with Crippen molar-refractivity contribution < 1.29 is 18.7 Å². The number of pyridine rings is 1. The van der Waals surface area contributed by atoms with Crippen LogP contribution in [0, 0.1) is 5.82 Å². The molecule has 0 aliphatic rings. The number of carbonyl (C=O) groups excluding carboxylic acids is 1. The number of aryl methyl sites for hydroxylation is 1. The van der Waals surface area contributed by atoms with Crippen LogP contribution in [0.1, 0.15) is 10.4 Å². The predicted molar refractivity (Wildman–Crippen MR) is 96.6 cm³/mol. The highest BCUT2D eigenvalue weighted by Crippen LogP contribution is 2.29. The van der Waals surface area contributed by atoms with Crippen LogP contribution >= 0.6 is 0 Å². The van der Waals surface area contributed by atoms with Gasteiger partial charge in [0.05, 0.1) is 19.7 Å². The predicted octanol–water partition coefficient (Wildman–Crippen LogP) is 2.95. The summed E-state index contributed by atoms with van der Waals surface area (Å²) in [4.78, 5) is 25.2. The molecule has 1 N–H and O–H groups in total. The van der Waals surface area contributed by atoms with E-state index in [1.165, 1.54) is 32.5 Å². The largest absolute Gasteiger partial charge is 0.493 e. The van der Waals surface area contributed by atoms with E-state index >= 15 is 0 Å². The molecule has 134 valence electrons. The van der Waals surface area contributed by atoms with Crippen molar-refractivity contribution in [3.63, 3.8) is 0 Å². The maximum absolute atomic E-state index is 13.5. The smallest absolute Gasteiger partial charge is 0.261 e. The molecule has 0 unspecified atom stereocenters. The molecule has 0 saturated carbocycles. The van der Waals surface area contributed by atoms with Gasteiger partial charge in [-0.05, 0) is 30.3 Å². The molecule has 0 bridgehead atoms. The third-order valence-electron chi connectivity index (χ3n) is 4.04. The summed E-state index contributed by atoms with van der Waals surface area (Å²) in [7, 11) is 4.68. The van der Waals surface area contributed by atoms with Crippen LogP contribution in [0.4, 0.5) is 10.1 Å². The highest BCUT2D eigenvalue weighted by Gasteiger charge is 2.16. The first-order valence-electron chi connectivity index (χ1n) is 7.77. The molecule has 3 rings (SSSR count). The van der Waals surface area contributed by atoms with E-state index in [1.807, 2.05) is 0 Å². The van der Waals surface area contributed by atoms with E-state index in [0.717, 1.165) is 6.07 Å². The lowest BCUT2D eigenvalue weighted by atomic mass is 10.1. The molecule has 6 nitrogen and oxygen atoms in total. The van der Waals surface area contributed by atoms with Crippen LogP contribution < -0.4 is 20.2 Å². The van der Waals surface area contributed by atoms with E-state index in [-0.39, 0.29) is 10.9 Å². The van der Waals surface area contributed by atoms with E-state index in [9.17, 15) is 14.0 Å². The van der Waals surface area contributed by atoms with Gasteiger partial charge in [0.25, 0.3) is 5.91 Å². The standard InChI is InChI=1S/C19H17FN2O4/c1-22-10-14(18(23)13-8-11(20)4-6-15(13)22)19(24)21-12-5-7-16(25-2)17(9-12)26-3/h4-10H,1-3H3,(H,21,24). The molecule has 0 spiro atoms. The number of hydrogen-bond acceptors (Lipinski definition) is 4. The number of nitrogens with zero attached hydrogens (tertiary/aromatic N) is 1. The molecule has 1 amide bonds. The van der Waals surface area contributed by atoms with Gasteiger partial charge < -0.3 is 19.4 Å². The number of fused-ring (bicyclic) bond motifs is 1. The Bertz CT molecular complexity index is 1060. The number of hydrogen-bond donors (Lipinski definition) is 1. The second-order valence-corrected chi connectivity index (χ2v) is 5.67. The molecule has 0 fully saturated rings. The number of benzene rings is 2. The zero-order valence-corrected chi connectivity index (χ0v) is 14.5. The Morgan fingerprint density at radius 3 is 2.50 bits per heavy atom. The van der Waals surface area contributed by atoms with Crippen LogP contribution in [0.25, 0.3) is 10.9 Å². The average molecular weight is 356 g/mol. The van der Waals surface area contributed by atoms with Crippen molar-refractivity contribution in [2.45, 2.75) is 0 Å². The van der Waals surface area contributed by atoms with Gasteiger partial charge in [0.2, 0.25) is 5.43 Å². The van der Waals surface area contributed by atoms with Crippen molar-refractivity contribution in [3.05, 3.63) is 64.2 Å². The molecule has 3 aromatic rings. The molecule has 0 aliphatic heterocycles. The highest BCUT2D eigenvalue weighted by molar-refractivity contribution is 6.05. The van der Waals surface area contributed by atoms with E-state index < -0.39 is 17.2 Å². The minimum Gasteiger partial charge on any atom is -0.493 e. The maximum Gasteiger partial charge on any atom is 0.261 e. The van der Waals surface area contributed by atoms with Crippen molar-refractivity contribution in [3.8, 4) is 11.5 Å². The van der Waals surface area contributed by atoms with Gasteiger partial charge in [-0.1, -0.05) is 0 Å². The normalized spacial score (nSPS) is 10.6. The minimum absolute atomic E-state index is 0.0830. The zero-order chi connectivity index (χ0) is 18.8. The maximum atomic E-state index is 13.5. The highest BCUT2D eigenvalue weighted by atomic mass is 19.1. The summed E-state index contributed by atoms with van der Waals surface area (Å²) in [6, 6.07) is 8.76. The van der Waals surface area contributed by atoms with E-state index in [2.05, 4.69) is 5.32 Å². The lowest BCUT2D eigenvalue weighted by Gasteiger charge is -2.12. The van der Waals surface area contributed by atoms with Crippen LogP contribution in [-0.2, 0) is 7.05 Å². The van der Waals surface area contributed by atoms with Gasteiger partial charge in [-0.25, -0.2) is 4.39 Å². The SMILES string of the molecule is COc1ccc(NC(=O)c2cn(C)c3ccc(F)cc3c2=O)cc1OC. The van der Waals surface area contributed by atoms with Gasteiger partial charge in [0.15, 0.2) is 11.5 Å². The Kier molecular flexibility index (Phi) is 4.62. The molecule has 2 aromatic carbocycles. The number of methoxy groups -OCH3 is 2. The monoisotopic (exact) mass is 356 g/mol. The second kappa shape index (κ2) is 6.87.